The first kappa shape index (κ1) is 18.6. The fraction of sp³-hybridized carbons (Fsp3) is 0.0833. The minimum Gasteiger partial charge on any atom is -0.295 e. The smallest absolute Gasteiger partial charge is 0.280 e. The average molecular weight is 385 g/mol. The van der Waals surface area contributed by atoms with Crippen LogP contribution in [0.25, 0.3) is 5.69 Å². The Hall–Kier alpha value is -3.73. The van der Waals surface area contributed by atoms with Crippen molar-refractivity contribution in [2.45, 2.75) is 13.5 Å². The predicted molar refractivity (Wildman–Crippen MR) is 113 cm³/mol. The fourth-order valence-corrected chi connectivity index (χ4v) is 3.29. The number of hydrogen-bond acceptors (Lipinski definition) is 2. The fourth-order valence-electron chi connectivity index (χ4n) is 3.29. The Bertz CT molecular complexity index is 1210. The second kappa shape index (κ2) is 8.10. The lowest BCUT2D eigenvalue weighted by molar-refractivity contribution is 0.627. The number of aromatic amines is 1. The van der Waals surface area contributed by atoms with Crippen molar-refractivity contribution in [3.63, 3.8) is 0 Å². The summed E-state index contributed by atoms with van der Waals surface area (Å²) < 4.78 is 15.4. The normalized spacial score (nSPS) is 11.6. The lowest BCUT2D eigenvalue weighted by Crippen LogP contribution is -2.21. The topological polar surface area (TPSA) is 50.1 Å². The lowest BCUT2D eigenvalue weighted by Gasteiger charge is -2.07. The van der Waals surface area contributed by atoms with E-state index in [1.807, 2.05) is 67.6 Å². The maximum atomic E-state index is 13.9. The summed E-state index contributed by atoms with van der Waals surface area (Å²) in [5.41, 5.74) is 3.68. The predicted octanol–water partition coefficient (Wildman–Crippen LogP) is 4.65. The highest BCUT2D eigenvalue weighted by molar-refractivity contribution is 6.13. The largest absolute Gasteiger partial charge is 0.295 e. The van der Waals surface area contributed by atoms with Gasteiger partial charge in [0.1, 0.15) is 5.82 Å². The first-order valence-corrected chi connectivity index (χ1v) is 9.35. The summed E-state index contributed by atoms with van der Waals surface area (Å²) in [6.07, 6.45) is 0. The third-order valence-corrected chi connectivity index (χ3v) is 4.68. The number of para-hydroxylation sites is 1. The molecule has 0 atom stereocenters. The van der Waals surface area contributed by atoms with Gasteiger partial charge in [-0.05, 0) is 36.8 Å². The summed E-state index contributed by atoms with van der Waals surface area (Å²) in [7, 11) is 0. The van der Waals surface area contributed by atoms with E-state index < -0.39 is 0 Å². The standard InChI is InChI=1S/C24H20FN3O/c1-17-22(24(29)28(27-17)21-13-6-3-7-14-21)23(19-11-8-12-20(25)15-19)26-16-18-9-4-2-5-10-18/h2-15,27H,16H2,1H3. The van der Waals surface area contributed by atoms with Crippen molar-refractivity contribution in [3.8, 4) is 5.69 Å². The summed E-state index contributed by atoms with van der Waals surface area (Å²) in [4.78, 5) is 18.0. The molecule has 0 amide bonds. The summed E-state index contributed by atoms with van der Waals surface area (Å²) in [6.45, 7) is 2.22. The van der Waals surface area contributed by atoms with Crippen LogP contribution in [0.5, 0.6) is 0 Å². The van der Waals surface area contributed by atoms with Crippen LogP contribution in [-0.4, -0.2) is 15.5 Å². The van der Waals surface area contributed by atoms with Crippen LogP contribution in [0.3, 0.4) is 0 Å². The van der Waals surface area contributed by atoms with E-state index in [0.29, 0.717) is 29.1 Å². The molecule has 5 heteroatoms. The van der Waals surface area contributed by atoms with Gasteiger partial charge in [-0.1, -0.05) is 60.7 Å². The Kier molecular flexibility index (Phi) is 5.20. The Balaban J connectivity index is 1.86. The zero-order valence-electron chi connectivity index (χ0n) is 16.0. The molecular formula is C24H20FN3O. The number of rotatable bonds is 5. The van der Waals surface area contributed by atoms with Crippen LogP contribution in [0.2, 0.25) is 0 Å². The summed E-state index contributed by atoms with van der Waals surface area (Å²) >= 11 is 0. The van der Waals surface area contributed by atoms with Gasteiger partial charge in [0.05, 0.1) is 23.5 Å². The highest BCUT2D eigenvalue weighted by Gasteiger charge is 2.19. The van der Waals surface area contributed by atoms with Gasteiger partial charge in [0.2, 0.25) is 0 Å². The van der Waals surface area contributed by atoms with Crippen LogP contribution in [0.15, 0.2) is 94.7 Å². The molecule has 144 valence electrons. The van der Waals surface area contributed by atoms with Gasteiger partial charge in [-0.25, -0.2) is 9.07 Å². The monoisotopic (exact) mass is 385 g/mol. The second-order valence-electron chi connectivity index (χ2n) is 6.75. The number of benzene rings is 3. The summed E-state index contributed by atoms with van der Waals surface area (Å²) in [6, 6.07) is 25.3. The maximum absolute atomic E-state index is 13.9. The minimum absolute atomic E-state index is 0.218. The molecule has 0 spiro atoms. The van der Waals surface area contributed by atoms with E-state index >= 15 is 0 Å². The zero-order chi connectivity index (χ0) is 20.2. The molecule has 3 aromatic carbocycles. The Morgan fingerprint density at radius 2 is 1.66 bits per heavy atom. The van der Waals surface area contributed by atoms with Gasteiger partial charge in [0.25, 0.3) is 5.56 Å². The lowest BCUT2D eigenvalue weighted by atomic mass is 10.0. The average Bonchev–Trinajstić information content (AvgIpc) is 3.04. The molecule has 0 saturated carbocycles. The Labute approximate surface area is 168 Å². The molecule has 1 aromatic heterocycles. The molecule has 4 rings (SSSR count). The van der Waals surface area contributed by atoms with Crippen LogP contribution in [-0.2, 0) is 6.54 Å². The third-order valence-electron chi connectivity index (χ3n) is 4.68. The van der Waals surface area contributed by atoms with Gasteiger partial charge in [-0.2, -0.15) is 0 Å². The maximum Gasteiger partial charge on any atom is 0.280 e. The van der Waals surface area contributed by atoms with Crippen LogP contribution >= 0.6 is 0 Å². The minimum atomic E-state index is -0.369. The van der Waals surface area contributed by atoms with Crippen molar-refractivity contribution < 1.29 is 4.39 Å². The number of halogens is 1. The summed E-state index contributed by atoms with van der Waals surface area (Å²) in [5.74, 6) is -0.369. The molecule has 0 unspecified atom stereocenters. The molecule has 1 N–H and O–H groups in total. The molecule has 0 aliphatic rings. The van der Waals surface area contributed by atoms with Crippen LogP contribution in [0, 0.1) is 12.7 Å². The van der Waals surface area contributed by atoms with Gasteiger partial charge in [0.15, 0.2) is 0 Å². The molecular weight excluding hydrogens is 365 g/mol. The number of aliphatic imine (C=N–C) groups is 1. The Morgan fingerprint density at radius 1 is 0.966 bits per heavy atom. The molecule has 0 bridgehead atoms. The highest BCUT2D eigenvalue weighted by Crippen LogP contribution is 2.16. The molecule has 0 aliphatic carbocycles. The van der Waals surface area contributed by atoms with E-state index in [-0.39, 0.29) is 11.4 Å². The number of aromatic nitrogens is 2. The first-order valence-electron chi connectivity index (χ1n) is 9.35. The SMILES string of the molecule is Cc1[nH]n(-c2ccccc2)c(=O)c1C(=NCc1ccccc1)c1cccc(F)c1. The molecule has 1 heterocycles. The van der Waals surface area contributed by atoms with E-state index in [1.165, 1.54) is 16.8 Å². The van der Waals surface area contributed by atoms with Gasteiger partial charge in [-0.15, -0.1) is 0 Å². The van der Waals surface area contributed by atoms with Crippen molar-refractivity contribution >= 4 is 5.71 Å². The molecule has 0 radical (unpaired) electrons. The third kappa shape index (κ3) is 3.94. The van der Waals surface area contributed by atoms with Crippen LogP contribution in [0.4, 0.5) is 4.39 Å². The number of nitrogens with zero attached hydrogens (tertiary/aromatic N) is 2. The zero-order valence-corrected chi connectivity index (χ0v) is 16.0. The second-order valence-corrected chi connectivity index (χ2v) is 6.75. The molecule has 4 nitrogen and oxygen atoms in total. The number of hydrogen-bond donors (Lipinski definition) is 1. The molecule has 29 heavy (non-hydrogen) atoms. The van der Waals surface area contributed by atoms with E-state index in [1.54, 1.807) is 12.1 Å². The molecule has 4 aromatic rings. The van der Waals surface area contributed by atoms with Gasteiger partial charge < -0.3 is 0 Å². The number of nitrogens with one attached hydrogen (secondary N) is 1. The highest BCUT2D eigenvalue weighted by atomic mass is 19.1. The van der Waals surface area contributed by atoms with E-state index in [9.17, 15) is 9.18 Å². The van der Waals surface area contributed by atoms with Crippen molar-refractivity contribution in [1.82, 2.24) is 9.78 Å². The molecule has 0 aliphatic heterocycles. The number of H-pyrrole nitrogens is 1. The van der Waals surface area contributed by atoms with E-state index in [4.69, 9.17) is 4.99 Å². The molecule has 0 fully saturated rings. The van der Waals surface area contributed by atoms with Gasteiger partial charge >= 0.3 is 0 Å². The van der Waals surface area contributed by atoms with Crippen LogP contribution in [0.1, 0.15) is 22.4 Å². The summed E-state index contributed by atoms with van der Waals surface area (Å²) in [5, 5.41) is 3.12. The van der Waals surface area contributed by atoms with E-state index in [2.05, 4.69) is 5.10 Å². The van der Waals surface area contributed by atoms with Crippen molar-refractivity contribution in [1.29, 1.82) is 0 Å². The molecule has 0 saturated heterocycles. The van der Waals surface area contributed by atoms with Crippen molar-refractivity contribution in [3.05, 3.63) is 123 Å². The van der Waals surface area contributed by atoms with Gasteiger partial charge in [0, 0.05) is 11.3 Å². The van der Waals surface area contributed by atoms with Crippen LogP contribution < -0.4 is 5.56 Å². The number of aryl methyl sites for hydroxylation is 1. The quantitative estimate of drug-likeness (QED) is 0.500. The Morgan fingerprint density at radius 3 is 2.34 bits per heavy atom. The van der Waals surface area contributed by atoms with Crippen molar-refractivity contribution in [2.24, 2.45) is 4.99 Å². The van der Waals surface area contributed by atoms with Gasteiger partial charge in [-0.3, -0.25) is 14.9 Å². The first-order chi connectivity index (χ1) is 14.1. The van der Waals surface area contributed by atoms with E-state index in [0.717, 1.165) is 11.3 Å². The van der Waals surface area contributed by atoms with Crippen molar-refractivity contribution in [2.75, 3.05) is 0 Å².